The summed E-state index contributed by atoms with van der Waals surface area (Å²) in [6.07, 6.45) is 1.66. The molecule has 112 valence electrons. The third-order valence-electron chi connectivity index (χ3n) is 3.79. The van der Waals surface area contributed by atoms with Gasteiger partial charge in [0, 0.05) is 29.6 Å². The standard InChI is InChI=1S/C16H25FN2S/c1-4-14(18)7-13-5-6-16(15(17)8-13)19-9-11(2)20-12(3)10-19/h5-6,8,11-12,14H,4,7,9-10,18H2,1-3H3. The quantitative estimate of drug-likeness (QED) is 0.923. The van der Waals surface area contributed by atoms with Gasteiger partial charge >= 0.3 is 0 Å². The van der Waals surface area contributed by atoms with Crippen molar-refractivity contribution in [3.63, 3.8) is 0 Å². The van der Waals surface area contributed by atoms with Crippen molar-refractivity contribution < 1.29 is 4.39 Å². The molecule has 0 amide bonds. The Balaban J connectivity index is 2.13. The Morgan fingerprint density at radius 1 is 1.35 bits per heavy atom. The van der Waals surface area contributed by atoms with E-state index in [1.165, 1.54) is 0 Å². The Morgan fingerprint density at radius 3 is 2.55 bits per heavy atom. The molecule has 3 unspecified atom stereocenters. The molecule has 2 nitrogen and oxygen atoms in total. The average molecular weight is 296 g/mol. The van der Waals surface area contributed by atoms with Gasteiger partial charge in [0.05, 0.1) is 5.69 Å². The normalized spacial score (nSPS) is 24.8. The summed E-state index contributed by atoms with van der Waals surface area (Å²) < 4.78 is 14.4. The predicted molar refractivity (Wildman–Crippen MR) is 87.1 cm³/mol. The van der Waals surface area contributed by atoms with Crippen LogP contribution in [0.3, 0.4) is 0 Å². The molecular weight excluding hydrogens is 271 g/mol. The maximum atomic E-state index is 14.4. The lowest BCUT2D eigenvalue weighted by Crippen LogP contribution is -2.40. The fraction of sp³-hybridized carbons (Fsp3) is 0.625. The van der Waals surface area contributed by atoms with Crippen molar-refractivity contribution in [2.45, 2.75) is 50.2 Å². The van der Waals surface area contributed by atoms with Gasteiger partial charge < -0.3 is 10.6 Å². The van der Waals surface area contributed by atoms with Crippen LogP contribution in [0.5, 0.6) is 0 Å². The van der Waals surface area contributed by atoms with E-state index in [1.807, 2.05) is 23.9 Å². The molecule has 0 saturated carbocycles. The van der Waals surface area contributed by atoms with Crippen molar-refractivity contribution >= 4 is 17.4 Å². The number of halogens is 1. The van der Waals surface area contributed by atoms with Crippen LogP contribution in [0, 0.1) is 5.82 Å². The Labute approximate surface area is 125 Å². The number of anilines is 1. The third kappa shape index (κ3) is 3.89. The molecular formula is C16H25FN2S. The first-order valence-corrected chi connectivity index (χ1v) is 8.38. The van der Waals surface area contributed by atoms with Gasteiger partial charge in [-0.25, -0.2) is 4.39 Å². The van der Waals surface area contributed by atoms with E-state index in [-0.39, 0.29) is 11.9 Å². The van der Waals surface area contributed by atoms with E-state index in [9.17, 15) is 4.39 Å². The molecule has 2 N–H and O–H groups in total. The highest BCUT2D eigenvalue weighted by Gasteiger charge is 2.24. The summed E-state index contributed by atoms with van der Waals surface area (Å²) in [7, 11) is 0. The van der Waals surface area contributed by atoms with Crippen LogP contribution in [0.25, 0.3) is 0 Å². The van der Waals surface area contributed by atoms with E-state index in [2.05, 4.69) is 25.7 Å². The minimum Gasteiger partial charge on any atom is -0.367 e. The molecule has 0 aromatic heterocycles. The van der Waals surface area contributed by atoms with Crippen LogP contribution >= 0.6 is 11.8 Å². The van der Waals surface area contributed by atoms with Crippen LogP contribution in [-0.2, 0) is 6.42 Å². The molecule has 0 bridgehead atoms. The summed E-state index contributed by atoms with van der Waals surface area (Å²) in [6.45, 7) is 8.31. The van der Waals surface area contributed by atoms with Crippen LogP contribution in [0.2, 0.25) is 0 Å². The van der Waals surface area contributed by atoms with Crippen LogP contribution in [0.1, 0.15) is 32.8 Å². The van der Waals surface area contributed by atoms with Crippen LogP contribution in [-0.4, -0.2) is 29.6 Å². The molecule has 4 heteroatoms. The number of benzene rings is 1. The molecule has 2 rings (SSSR count). The van der Waals surface area contributed by atoms with Crippen molar-refractivity contribution in [1.82, 2.24) is 0 Å². The average Bonchev–Trinajstić information content (AvgIpc) is 2.37. The van der Waals surface area contributed by atoms with Gasteiger partial charge in [-0.2, -0.15) is 11.8 Å². The zero-order valence-corrected chi connectivity index (χ0v) is 13.4. The molecule has 3 atom stereocenters. The molecule has 1 fully saturated rings. The first-order chi connectivity index (χ1) is 9.49. The van der Waals surface area contributed by atoms with Gasteiger partial charge in [0.25, 0.3) is 0 Å². The molecule has 1 aliphatic rings. The van der Waals surface area contributed by atoms with Gasteiger partial charge in [-0.05, 0) is 30.5 Å². The SMILES string of the molecule is CCC(N)Cc1ccc(N2CC(C)SC(C)C2)c(F)c1. The number of thioether (sulfide) groups is 1. The maximum Gasteiger partial charge on any atom is 0.146 e. The highest BCUT2D eigenvalue weighted by atomic mass is 32.2. The second kappa shape index (κ2) is 6.81. The number of nitrogens with two attached hydrogens (primary N) is 1. The van der Waals surface area contributed by atoms with Gasteiger partial charge in [0.1, 0.15) is 5.82 Å². The van der Waals surface area contributed by atoms with Crippen molar-refractivity contribution in [3.05, 3.63) is 29.6 Å². The van der Waals surface area contributed by atoms with Gasteiger partial charge in [-0.3, -0.25) is 0 Å². The lowest BCUT2D eigenvalue weighted by Gasteiger charge is -2.36. The molecule has 1 aromatic carbocycles. The van der Waals surface area contributed by atoms with E-state index in [1.54, 1.807) is 6.07 Å². The fourth-order valence-corrected chi connectivity index (χ4v) is 4.08. The summed E-state index contributed by atoms with van der Waals surface area (Å²) in [5, 5.41) is 1.10. The Morgan fingerprint density at radius 2 is 2.00 bits per heavy atom. The molecule has 1 aliphatic heterocycles. The van der Waals surface area contributed by atoms with Crippen molar-refractivity contribution in [2.24, 2.45) is 5.73 Å². The van der Waals surface area contributed by atoms with Crippen molar-refractivity contribution in [2.75, 3.05) is 18.0 Å². The summed E-state index contributed by atoms with van der Waals surface area (Å²) in [6, 6.07) is 5.71. The topological polar surface area (TPSA) is 29.3 Å². The van der Waals surface area contributed by atoms with E-state index < -0.39 is 0 Å². The number of rotatable bonds is 4. The summed E-state index contributed by atoms with van der Waals surface area (Å²) in [4.78, 5) is 2.17. The highest BCUT2D eigenvalue weighted by molar-refractivity contribution is 8.00. The first kappa shape index (κ1) is 15.6. The zero-order chi connectivity index (χ0) is 14.7. The summed E-state index contributed by atoms with van der Waals surface area (Å²) >= 11 is 1.98. The summed E-state index contributed by atoms with van der Waals surface area (Å²) in [5.74, 6) is -0.114. The van der Waals surface area contributed by atoms with Crippen molar-refractivity contribution in [1.29, 1.82) is 0 Å². The monoisotopic (exact) mass is 296 g/mol. The molecule has 0 aliphatic carbocycles. The van der Waals surface area contributed by atoms with E-state index in [0.717, 1.165) is 37.2 Å². The third-order valence-corrected chi connectivity index (χ3v) is 5.02. The Hall–Kier alpha value is -0.740. The number of nitrogens with zero attached hydrogens (tertiary/aromatic N) is 1. The first-order valence-electron chi connectivity index (χ1n) is 7.44. The smallest absolute Gasteiger partial charge is 0.146 e. The minimum absolute atomic E-state index is 0.114. The number of hydrogen-bond donors (Lipinski definition) is 1. The predicted octanol–water partition coefficient (Wildman–Crippen LogP) is 3.44. The van der Waals surface area contributed by atoms with Gasteiger partial charge in [0.2, 0.25) is 0 Å². The van der Waals surface area contributed by atoms with E-state index >= 15 is 0 Å². The summed E-state index contributed by atoms with van der Waals surface area (Å²) in [5.41, 5.74) is 7.66. The molecule has 0 spiro atoms. The van der Waals surface area contributed by atoms with Crippen LogP contribution < -0.4 is 10.6 Å². The van der Waals surface area contributed by atoms with E-state index in [4.69, 9.17) is 5.73 Å². The van der Waals surface area contributed by atoms with Crippen LogP contribution in [0.4, 0.5) is 10.1 Å². The molecule has 20 heavy (non-hydrogen) atoms. The zero-order valence-electron chi connectivity index (χ0n) is 12.6. The largest absolute Gasteiger partial charge is 0.367 e. The van der Waals surface area contributed by atoms with Crippen molar-refractivity contribution in [3.8, 4) is 0 Å². The molecule has 1 aromatic rings. The minimum atomic E-state index is -0.114. The molecule has 1 heterocycles. The second-order valence-electron chi connectivity index (χ2n) is 5.82. The lowest BCUT2D eigenvalue weighted by atomic mass is 10.0. The molecule has 0 radical (unpaired) electrons. The van der Waals surface area contributed by atoms with Gasteiger partial charge in [-0.15, -0.1) is 0 Å². The molecule has 1 saturated heterocycles. The van der Waals surface area contributed by atoms with E-state index in [0.29, 0.717) is 10.5 Å². The van der Waals surface area contributed by atoms with Gasteiger partial charge in [-0.1, -0.05) is 26.8 Å². The second-order valence-corrected chi connectivity index (χ2v) is 7.70. The number of hydrogen-bond acceptors (Lipinski definition) is 3. The highest BCUT2D eigenvalue weighted by Crippen LogP contribution is 2.30. The Kier molecular flexibility index (Phi) is 5.33. The van der Waals surface area contributed by atoms with Gasteiger partial charge in [0.15, 0.2) is 0 Å². The Bertz CT molecular complexity index is 442. The van der Waals surface area contributed by atoms with Crippen LogP contribution in [0.15, 0.2) is 18.2 Å². The fourth-order valence-electron chi connectivity index (χ4n) is 2.76. The maximum absolute atomic E-state index is 14.4. The lowest BCUT2D eigenvalue weighted by molar-refractivity contribution is 0.602.